The number of unbranched alkanes of at least 4 members (excludes halogenated alkanes) is 1. The standard InChI is InChI=1S/C19H16F5N2O4/c1-28-13-8-10(11(27)9-26-25)4-5-12(13)29-6-2-3-7-30-19-17(23)15(21)14(20)16(22)18(19)24/h4-5,8H,2-3,6-7,9H2,1H3/q-1. The summed E-state index contributed by atoms with van der Waals surface area (Å²) in [5.41, 5.74) is 8.71. The summed E-state index contributed by atoms with van der Waals surface area (Å²) in [4.78, 5) is 11.7. The Kier molecular flexibility index (Phi) is 8.07. The summed E-state index contributed by atoms with van der Waals surface area (Å²) in [6, 6.07) is 4.35. The largest absolute Gasteiger partial charge is 0.712 e. The molecule has 0 unspecified atom stereocenters. The molecule has 0 heterocycles. The smallest absolute Gasteiger partial charge is 0.206 e. The molecule has 0 aliphatic heterocycles. The maximum Gasteiger partial charge on any atom is 0.206 e. The zero-order valence-electron chi connectivity index (χ0n) is 15.7. The van der Waals surface area contributed by atoms with Crippen molar-refractivity contribution >= 4 is 5.78 Å². The number of carbonyl (C=O) groups is 1. The number of hydrogen-bond donors (Lipinski definition) is 0. The molecular formula is C19H16F5N2O4-. The lowest BCUT2D eigenvalue weighted by atomic mass is 10.1. The first-order valence-corrected chi connectivity index (χ1v) is 8.60. The van der Waals surface area contributed by atoms with Crippen LogP contribution in [0.25, 0.3) is 5.53 Å². The summed E-state index contributed by atoms with van der Waals surface area (Å²) in [5, 5.41) is 2.77. The minimum absolute atomic E-state index is 0.121. The molecule has 0 fully saturated rings. The fourth-order valence-electron chi connectivity index (χ4n) is 2.39. The monoisotopic (exact) mass is 431 g/mol. The Morgan fingerprint density at radius 2 is 1.47 bits per heavy atom. The molecule has 2 rings (SSSR count). The summed E-state index contributed by atoms with van der Waals surface area (Å²) in [6.45, 7) is -0.584. The molecule has 0 aromatic heterocycles. The third-order valence-electron chi connectivity index (χ3n) is 3.91. The van der Waals surface area contributed by atoms with Crippen LogP contribution in [-0.4, -0.2) is 32.7 Å². The molecule has 0 atom stereocenters. The molecule has 0 amide bonds. The molecule has 0 bridgehead atoms. The second-order valence-electron chi connectivity index (χ2n) is 5.89. The van der Waals surface area contributed by atoms with Crippen LogP contribution in [0.1, 0.15) is 23.2 Å². The fourth-order valence-corrected chi connectivity index (χ4v) is 2.39. The zero-order valence-corrected chi connectivity index (χ0v) is 15.7. The molecule has 6 nitrogen and oxygen atoms in total. The van der Waals surface area contributed by atoms with Gasteiger partial charge in [-0.05, 0) is 31.0 Å². The van der Waals surface area contributed by atoms with Crippen molar-refractivity contribution in [2.24, 2.45) is 5.11 Å². The van der Waals surface area contributed by atoms with Gasteiger partial charge in [0, 0.05) is 5.56 Å². The summed E-state index contributed by atoms with van der Waals surface area (Å²) < 4.78 is 81.5. The van der Waals surface area contributed by atoms with Crippen molar-refractivity contribution in [2.75, 3.05) is 26.9 Å². The Bertz CT molecular complexity index is 911. The number of carbonyl (C=O) groups excluding carboxylic acids is 1. The predicted molar refractivity (Wildman–Crippen MR) is 94.4 cm³/mol. The second kappa shape index (κ2) is 10.5. The molecule has 0 saturated heterocycles. The maximum atomic E-state index is 13.5. The molecule has 0 N–H and O–H groups in total. The van der Waals surface area contributed by atoms with Gasteiger partial charge in [-0.3, -0.25) is 4.79 Å². The molecule has 0 aliphatic carbocycles. The molecule has 162 valence electrons. The van der Waals surface area contributed by atoms with Gasteiger partial charge < -0.3 is 24.9 Å². The number of ketones is 1. The first-order chi connectivity index (χ1) is 14.3. The Morgan fingerprint density at radius 1 is 0.900 bits per heavy atom. The molecule has 0 radical (unpaired) electrons. The maximum absolute atomic E-state index is 13.5. The average molecular weight is 431 g/mol. The van der Waals surface area contributed by atoms with Gasteiger partial charge in [-0.1, -0.05) is 0 Å². The fraction of sp³-hybridized carbons (Fsp3) is 0.316. The number of nitrogens with zero attached hydrogens (tertiary/aromatic N) is 2. The van der Waals surface area contributed by atoms with Crippen LogP contribution in [0.15, 0.2) is 23.3 Å². The van der Waals surface area contributed by atoms with E-state index in [-0.39, 0.29) is 30.9 Å². The van der Waals surface area contributed by atoms with Gasteiger partial charge in [0.2, 0.25) is 29.1 Å². The van der Waals surface area contributed by atoms with Crippen LogP contribution in [0.4, 0.5) is 22.0 Å². The van der Waals surface area contributed by atoms with Crippen LogP contribution in [-0.2, 0) is 0 Å². The minimum atomic E-state index is -2.25. The number of methoxy groups -OCH3 is 1. The molecule has 0 spiro atoms. The van der Waals surface area contributed by atoms with E-state index in [1.54, 1.807) is 0 Å². The van der Waals surface area contributed by atoms with Gasteiger partial charge >= 0.3 is 0 Å². The van der Waals surface area contributed by atoms with Gasteiger partial charge in [0.05, 0.1) is 26.9 Å². The van der Waals surface area contributed by atoms with Crippen LogP contribution >= 0.6 is 0 Å². The Labute approximate surface area is 168 Å². The first kappa shape index (κ1) is 23.0. The molecule has 0 aliphatic rings. The van der Waals surface area contributed by atoms with E-state index in [9.17, 15) is 26.7 Å². The van der Waals surface area contributed by atoms with Crippen molar-refractivity contribution in [2.45, 2.75) is 12.8 Å². The Hall–Kier alpha value is -3.24. The third kappa shape index (κ3) is 5.22. The van der Waals surface area contributed by atoms with Gasteiger partial charge in [-0.2, -0.15) is 8.78 Å². The van der Waals surface area contributed by atoms with E-state index in [1.807, 2.05) is 0 Å². The summed E-state index contributed by atoms with van der Waals surface area (Å²) >= 11 is 0. The van der Waals surface area contributed by atoms with Gasteiger partial charge in [0.1, 0.15) is 0 Å². The highest BCUT2D eigenvalue weighted by atomic mass is 19.2. The number of rotatable bonds is 11. The van der Waals surface area contributed by atoms with E-state index in [4.69, 9.17) is 19.7 Å². The van der Waals surface area contributed by atoms with E-state index in [2.05, 4.69) is 5.11 Å². The van der Waals surface area contributed by atoms with Gasteiger partial charge in [-0.15, -0.1) is 0 Å². The molecule has 30 heavy (non-hydrogen) atoms. The number of ether oxygens (including phenoxy) is 3. The van der Waals surface area contributed by atoms with E-state index in [0.717, 1.165) is 0 Å². The van der Waals surface area contributed by atoms with Crippen molar-refractivity contribution in [3.63, 3.8) is 0 Å². The number of benzene rings is 2. The predicted octanol–water partition coefficient (Wildman–Crippen LogP) is 4.83. The van der Waals surface area contributed by atoms with Crippen molar-refractivity contribution in [3.8, 4) is 17.2 Å². The average Bonchev–Trinajstić information content (AvgIpc) is 2.75. The van der Waals surface area contributed by atoms with Crippen molar-refractivity contribution in [1.82, 2.24) is 0 Å². The minimum Gasteiger partial charge on any atom is -0.712 e. The van der Waals surface area contributed by atoms with Crippen LogP contribution in [0.5, 0.6) is 17.2 Å². The van der Waals surface area contributed by atoms with Crippen LogP contribution < -0.4 is 14.2 Å². The summed E-state index contributed by atoms with van der Waals surface area (Å²) in [6.07, 6.45) is 0.513. The summed E-state index contributed by atoms with van der Waals surface area (Å²) in [5.74, 6) is -11.6. The molecule has 2 aromatic rings. The summed E-state index contributed by atoms with van der Waals surface area (Å²) in [7, 11) is 1.37. The van der Waals surface area contributed by atoms with Gasteiger partial charge in [0.25, 0.3) is 0 Å². The van der Waals surface area contributed by atoms with Crippen molar-refractivity contribution in [1.29, 1.82) is 0 Å². The second-order valence-corrected chi connectivity index (χ2v) is 5.89. The number of Topliss-reactive ketones (excluding diaryl/α,β-unsaturated/α-hetero) is 1. The number of hydrogen-bond acceptors (Lipinski definition) is 5. The lowest BCUT2D eigenvalue weighted by molar-refractivity contribution is 0.100. The normalized spacial score (nSPS) is 10.6. The highest BCUT2D eigenvalue weighted by Crippen LogP contribution is 2.30. The van der Waals surface area contributed by atoms with Crippen LogP contribution in [0.2, 0.25) is 0 Å². The van der Waals surface area contributed by atoms with E-state index in [1.165, 1.54) is 25.3 Å². The molecule has 11 heteroatoms. The van der Waals surface area contributed by atoms with E-state index >= 15 is 0 Å². The van der Waals surface area contributed by atoms with E-state index in [0.29, 0.717) is 12.2 Å². The van der Waals surface area contributed by atoms with Crippen molar-refractivity contribution < 1.29 is 41.0 Å². The molecular weight excluding hydrogens is 415 g/mol. The SMILES string of the molecule is COc1cc(C(=O)CN=[N-])ccc1OCCCCOc1c(F)c(F)c(F)c(F)c1F. The molecule has 0 saturated carbocycles. The Morgan fingerprint density at radius 3 is 2.03 bits per heavy atom. The Balaban J connectivity index is 1.87. The van der Waals surface area contributed by atoms with Crippen LogP contribution in [0.3, 0.4) is 0 Å². The highest BCUT2D eigenvalue weighted by Gasteiger charge is 2.26. The lowest BCUT2D eigenvalue weighted by Gasteiger charge is -2.13. The van der Waals surface area contributed by atoms with E-state index < -0.39 is 47.2 Å². The van der Waals surface area contributed by atoms with Crippen molar-refractivity contribution in [3.05, 3.63) is 58.4 Å². The quantitative estimate of drug-likeness (QED) is 0.127. The highest BCUT2D eigenvalue weighted by molar-refractivity contribution is 5.98. The van der Waals surface area contributed by atoms with Gasteiger partial charge in [0.15, 0.2) is 23.0 Å². The topological polar surface area (TPSA) is 79.4 Å². The lowest BCUT2D eigenvalue weighted by Crippen LogP contribution is -2.09. The first-order valence-electron chi connectivity index (χ1n) is 8.60. The zero-order chi connectivity index (χ0) is 22.3. The van der Waals surface area contributed by atoms with Gasteiger partial charge in [-0.25, -0.2) is 13.2 Å². The third-order valence-corrected chi connectivity index (χ3v) is 3.91. The van der Waals surface area contributed by atoms with Crippen LogP contribution in [0, 0.1) is 29.1 Å². The molecule has 2 aromatic carbocycles. The number of halogens is 5.